The van der Waals surface area contributed by atoms with Crippen molar-refractivity contribution in [3.8, 4) is 0 Å². The van der Waals surface area contributed by atoms with Crippen LogP contribution in [-0.2, 0) is 15.2 Å². The molecule has 0 bridgehead atoms. The van der Waals surface area contributed by atoms with Gasteiger partial charge in [-0.25, -0.2) is 4.79 Å². The molecule has 1 aliphatic rings. The van der Waals surface area contributed by atoms with Gasteiger partial charge in [0.25, 0.3) is 0 Å². The second-order valence-electron chi connectivity index (χ2n) is 5.05. The molecule has 1 fully saturated rings. The van der Waals surface area contributed by atoms with Gasteiger partial charge in [0.1, 0.15) is 6.79 Å². The molecule has 1 N–H and O–H groups in total. The first kappa shape index (κ1) is 16.1. The molecule has 0 heterocycles. The Labute approximate surface area is 129 Å². The predicted octanol–water partition coefficient (Wildman–Crippen LogP) is 3.67. The van der Waals surface area contributed by atoms with Gasteiger partial charge in [0.2, 0.25) is 0 Å². The SMILES string of the molecule is CC[C@@](OCOC)(c1ccccc1Cl)N(C(=O)O)C1CC1. The lowest BCUT2D eigenvalue weighted by molar-refractivity contribution is -0.204. The van der Waals surface area contributed by atoms with Gasteiger partial charge >= 0.3 is 6.09 Å². The van der Waals surface area contributed by atoms with E-state index in [2.05, 4.69) is 0 Å². The maximum absolute atomic E-state index is 11.8. The summed E-state index contributed by atoms with van der Waals surface area (Å²) < 4.78 is 10.9. The molecule has 0 aromatic heterocycles. The highest BCUT2D eigenvalue weighted by atomic mass is 35.5. The number of nitrogens with zero attached hydrogens (tertiary/aromatic N) is 1. The number of ether oxygens (including phenoxy) is 2. The first-order chi connectivity index (χ1) is 10.1. The molecular weight excluding hydrogens is 294 g/mol. The van der Waals surface area contributed by atoms with E-state index >= 15 is 0 Å². The van der Waals surface area contributed by atoms with Crippen molar-refractivity contribution < 1.29 is 19.4 Å². The van der Waals surface area contributed by atoms with Gasteiger partial charge in [-0.3, -0.25) is 4.90 Å². The van der Waals surface area contributed by atoms with Gasteiger partial charge in [0, 0.05) is 23.7 Å². The predicted molar refractivity (Wildman–Crippen MR) is 79.3 cm³/mol. The van der Waals surface area contributed by atoms with Crippen LogP contribution in [0.3, 0.4) is 0 Å². The van der Waals surface area contributed by atoms with E-state index in [0.29, 0.717) is 17.0 Å². The van der Waals surface area contributed by atoms with Crippen molar-refractivity contribution in [3.63, 3.8) is 0 Å². The number of amides is 1. The maximum Gasteiger partial charge on any atom is 0.410 e. The lowest BCUT2D eigenvalue weighted by atomic mass is 9.97. The van der Waals surface area contributed by atoms with Crippen LogP contribution in [0, 0.1) is 0 Å². The quantitative estimate of drug-likeness (QED) is 0.780. The highest BCUT2D eigenvalue weighted by Gasteiger charge is 2.49. The fourth-order valence-electron chi connectivity index (χ4n) is 2.61. The van der Waals surface area contributed by atoms with E-state index in [-0.39, 0.29) is 12.8 Å². The number of hydrogen-bond donors (Lipinski definition) is 1. The number of halogens is 1. The van der Waals surface area contributed by atoms with Gasteiger partial charge in [-0.05, 0) is 25.3 Å². The van der Waals surface area contributed by atoms with Crippen molar-refractivity contribution in [1.29, 1.82) is 0 Å². The number of benzene rings is 1. The molecule has 0 aliphatic heterocycles. The first-order valence-electron chi connectivity index (χ1n) is 6.97. The highest BCUT2D eigenvalue weighted by molar-refractivity contribution is 6.31. The van der Waals surface area contributed by atoms with Crippen LogP contribution in [-0.4, -0.2) is 36.0 Å². The Morgan fingerprint density at radius 3 is 2.62 bits per heavy atom. The third-order valence-electron chi connectivity index (χ3n) is 3.70. The number of rotatable bonds is 7. The van der Waals surface area contributed by atoms with Crippen LogP contribution in [0.15, 0.2) is 24.3 Å². The van der Waals surface area contributed by atoms with Crippen LogP contribution in [0.1, 0.15) is 31.7 Å². The molecule has 2 rings (SSSR count). The Kier molecular flexibility index (Phi) is 5.08. The fraction of sp³-hybridized carbons (Fsp3) is 0.533. The second-order valence-corrected chi connectivity index (χ2v) is 5.46. The maximum atomic E-state index is 11.8. The minimum Gasteiger partial charge on any atom is -0.465 e. The molecule has 1 atom stereocenters. The average molecular weight is 314 g/mol. The molecule has 6 heteroatoms. The van der Waals surface area contributed by atoms with Gasteiger partial charge in [-0.2, -0.15) is 0 Å². The number of hydrogen-bond acceptors (Lipinski definition) is 3. The first-order valence-corrected chi connectivity index (χ1v) is 7.34. The summed E-state index contributed by atoms with van der Waals surface area (Å²) in [6.45, 7) is 1.88. The Balaban J connectivity index is 2.51. The summed E-state index contributed by atoms with van der Waals surface area (Å²) in [4.78, 5) is 13.2. The molecule has 1 aliphatic carbocycles. The molecule has 1 saturated carbocycles. The van der Waals surface area contributed by atoms with E-state index in [0.717, 1.165) is 12.8 Å². The molecular formula is C15H20ClNO4. The minimum atomic E-state index is -1.12. The molecule has 21 heavy (non-hydrogen) atoms. The summed E-state index contributed by atoms with van der Waals surface area (Å²) >= 11 is 6.30. The zero-order chi connectivity index (χ0) is 15.5. The molecule has 0 radical (unpaired) electrons. The third-order valence-corrected chi connectivity index (χ3v) is 4.03. The van der Waals surface area contributed by atoms with E-state index in [1.165, 1.54) is 12.0 Å². The highest BCUT2D eigenvalue weighted by Crippen LogP contribution is 2.43. The lowest BCUT2D eigenvalue weighted by Gasteiger charge is -2.42. The Hall–Kier alpha value is -1.30. The second kappa shape index (κ2) is 6.64. The van der Waals surface area contributed by atoms with Crippen LogP contribution in [0.4, 0.5) is 4.79 Å². The van der Waals surface area contributed by atoms with Crippen LogP contribution in [0.5, 0.6) is 0 Å². The zero-order valence-corrected chi connectivity index (χ0v) is 13.0. The average Bonchev–Trinajstić information content (AvgIpc) is 3.28. The van der Waals surface area contributed by atoms with Crippen LogP contribution >= 0.6 is 11.6 Å². The molecule has 0 unspecified atom stereocenters. The Bertz CT molecular complexity index is 506. The van der Waals surface area contributed by atoms with E-state index in [1.807, 2.05) is 19.1 Å². The standard InChI is InChI=1S/C15H20ClNO4/c1-3-15(21-10-20-2,12-6-4-5-7-13(12)16)17(14(18)19)11-8-9-11/h4-7,11H,3,8-10H2,1-2H3,(H,18,19)/t15-/m1/s1. The van der Waals surface area contributed by atoms with Crippen LogP contribution in [0.25, 0.3) is 0 Å². The molecule has 1 aromatic carbocycles. The monoisotopic (exact) mass is 313 g/mol. The largest absolute Gasteiger partial charge is 0.465 e. The van der Waals surface area contributed by atoms with Crippen LogP contribution < -0.4 is 0 Å². The van der Waals surface area contributed by atoms with Gasteiger partial charge in [0.15, 0.2) is 5.72 Å². The number of carboxylic acid groups (broad SMARTS) is 1. The van der Waals surface area contributed by atoms with Crippen LogP contribution in [0.2, 0.25) is 5.02 Å². The Morgan fingerprint density at radius 1 is 1.48 bits per heavy atom. The smallest absolute Gasteiger partial charge is 0.410 e. The van der Waals surface area contributed by atoms with Crippen molar-refractivity contribution in [2.45, 2.75) is 38.0 Å². The van der Waals surface area contributed by atoms with Crippen molar-refractivity contribution in [2.75, 3.05) is 13.9 Å². The van der Waals surface area contributed by atoms with Gasteiger partial charge in [-0.1, -0.05) is 36.7 Å². The topological polar surface area (TPSA) is 59.0 Å². The molecule has 1 amide bonds. The number of carbonyl (C=O) groups is 1. The molecule has 116 valence electrons. The van der Waals surface area contributed by atoms with E-state index < -0.39 is 11.8 Å². The van der Waals surface area contributed by atoms with Gasteiger partial charge in [0.05, 0.1) is 0 Å². The summed E-state index contributed by atoms with van der Waals surface area (Å²) in [5, 5.41) is 10.2. The minimum absolute atomic E-state index is 0.00440. The van der Waals surface area contributed by atoms with Gasteiger partial charge in [-0.15, -0.1) is 0 Å². The molecule has 1 aromatic rings. The summed E-state index contributed by atoms with van der Waals surface area (Å²) in [5.41, 5.74) is -0.470. The lowest BCUT2D eigenvalue weighted by Crippen LogP contribution is -2.52. The van der Waals surface area contributed by atoms with Gasteiger partial charge < -0.3 is 14.6 Å². The summed E-state index contributed by atoms with van der Waals surface area (Å²) in [7, 11) is 1.51. The zero-order valence-electron chi connectivity index (χ0n) is 12.2. The van der Waals surface area contributed by atoms with Crippen molar-refractivity contribution in [1.82, 2.24) is 4.90 Å². The third kappa shape index (κ3) is 3.15. The number of methoxy groups -OCH3 is 1. The van der Waals surface area contributed by atoms with E-state index in [1.54, 1.807) is 12.1 Å². The summed E-state index contributed by atoms with van der Waals surface area (Å²) in [5.74, 6) is 0. The molecule has 0 saturated heterocycles. The fourth-order valence-corrected chi connectivity index (χ4v) is 2.90. The molecule has 5 nitrogen and oxygen atoms in total. The van der Waals surface area contributed by atoms with Crippen molar-refractivity contribution in [2.24, 2.45) is 0 Å². The van der Waals surface area contributed by atoms with E-state index in [9.17, 15) is 9.90 Å². The van der Waals surface area contributed by atoms with E-state index in [4.69, 9.17) is 21.1 Å². The van der Waals surface area contributed by atoms with Crippen molar-refractivity contribution >= 4 is 17.7 Å². The van der Waals surface area contributed by atoms with Crippen molar-refractivity contribution in [3.05, 3.63) is 34.9 Å². The Morgan fingerprint density at radius 2 is 2.14 bits per heavy atom. The normalized spacial score (nSPS) is 17.3. The molecule has 0 spiro atoms. The summed E-state index contributed by atoms with van der Waals surface area (Å²) in [6.07, 6.45) is 1.13. The summed E-state index contributed by atoms with van der Waals surface area (Å²) in [6, 6.07) is 7.15.